The van der Waals surface area contributed by atoms with E-state index in [1.54, 1.807) is 18.3 Å². The van der Waals surface area contributed by atoms with Gasteiger partial charge in [-0.3, -0.25) is 14.5 Å². The lowest BCUT2D eigenvalue weighted by Gasteiger charge is -2.39. The van der Waals surface area contributed by atoms with E-state index in [1.165, 1.54) is 0 Å². The van der Waals surface area contributed by atoms with Gasteiger partial charge in [0.2, 0.25) is 0 Å². The first-order valence-corrected chi connectivity index (χ1v) is 11.5. The van der Waals surface area contributed by atoms with E-state index < -0.39 is 0 Å². The first-order valence-electron chi connectivity index (χ1n) is 11.0. The van der Waals surface area contributed by atoms with Crippen molar-refractivity contribution in [2.24, 2.45) is 0 Å². The Morgan fingerprint density at radius 2 is 2.09 bits per heavy atom. The van der Waals surface area contributed by atoms with Crippen LogP contribution in [0, 0.1) is 0 Å². The van der Waals surface area contributed by atoms with E-state index in [0.717, 1.165) is 54.4 Å². The number of likely N-dealkylation sites (tertiary alicyclic amines) is 1. The number of rotatable bonds is 7. The smallest absolute Gasteiger partial charge is 0.270 e. The van der Waals surface area contributed by atoms with Gasteiger partial charge < -0.3 is 15.0 Å². The molecule has 8 nitrogen and oxygen atoms in total. The molecule has 1 saturated carbocycles. The van der Waals surface area contributed by atoms with Crippen molar-refractivity contribution < 1.29 is 9.53 Å². The van der Waals surface area contributed by atoms with E-state index in [9.17, 15) is 9.59 Å². The molecule has 1 unspecified atom stereocenters. The predicted octanol–water partition coefficient (Wildman–Crippen LogP) is 1.54. The van der Waals surface area contributed by atoms with E-state index in [-0.39, 0.29) is 17.6 Å². The van der Waals surface area contributed by atoms with Crippen LogP contribution in [-0.2, 0) is 13.0 Å². The van der Waals surface area contributed by atoms with Crippen LogP contribution in [0.3, 0.4) is 0 Å². The van der Waals surface area contributed by atoms with Gasteiger partial charge >= 0.3 is 0 Å². The van der Waals surface area contributed by atoms with Crippen molar-refractivity contribution in [3.63, 3.8) is 0 Å². The second-order valence-electron chi connectivity index (χ2n) is 8.46. The van der Waals surface area contributed by atoms with E-state index in [2.05, 4.69) is 40.5 Å². The average molecular weight is 451 g/mol. The number of nitrogens with one attached hydrogen (secondary N) is 2. The molecule has 5 rings (SSSR count). The third kappa shape index (κ3) is 4.38. The minimum atomic E-state index is -0.125. The van der Waals surface area contributed by atoms with Gasteiger partial charge in [0.1, 0.15) is 23.2 Å². The van der Waals surface area contributed by atoms with Crippen molar-refractivity contribution >= 4 is 31.5 Å². The quantitative estimate of drug-likeness (QED) is 0.529. The zero-order valence-electron chi connectivity index (χ0n) is 17.9. The lowest BCUT2D eigenvalue weighted by atomic mass is 10.1. The summed E-state index contributed by atoms with van der Waals surface area (Å²) in [6, 6.07) is 7.86. The SMILES string of the molecule is CCc1nc2ccc(CN3CC(Oc4ccc(C(=O)NC5CC5)nc4)C3)c(P)c2[nH]c1=O. The number of ether oxygens (including phenoxy) is 1. The number of carbonyl (C=O) groups is 1. The Labute approximate surface area is 188 Å². The Morgan fingerprint density at radius 3 is 2.78 bits per heavy atom. The molecule has 2 fully saturated rings. The van der Waals surface area contributed by atoms with Crippen molar-refractivity contribution in [1.82, 2.24) is 25.2 Å². The molecule has 32 heavy (non-hydrogen) atoms. The number of amides is 1. The molecule has 1 saturated heterocycles. The molecule has 166 valence electrons. The third-order valence-corrected chi connectivity index (χ3v) is 6.57. The number of hydrogen-bond acceptors (Lipinski definition) is 6. The molecule has 3 aromatic rings. The fourth-order valence-corrected chi connectivity index (χ4v) is 4.27. The van der Waals surface area contributed by atoms with Crippen LogP contribution >= 0.6 is 9.24 Å². The van der Waals surface area contributed by atoms with Gasteiger partial charge in [0.05, 0.1) is 17.2 Å². The molecule has 9 heteroatoms. The van der Waals surface area contributed by atoms with E-state index in [4.69, 9.17) is 4.74 Å². The fraction of sp³-hybridized carbons (Fsp3) is 0.391. The van der Waals surface area contributed by atoms with E-state index in [1.807, 2.05) is 13.0 Å². The molecule has 0 spiro atoms. The van der Waals surface area contributed by atoms with Crippen molar-refractivity contribution in [2.45, 2.75) is 44.9 Å². The van der Waals surface area contributed by atoms with Crippen molar-refractivity contribution in [1.29, 1.82) is 0 Å². The Hall–Kier alpha value is -2.83. The van der Waals surface area contributed by atoms with Gasteiger partial charge in [0, 0.05) is 25.7 Å². The maximum Gasteiger partial charge on any atom is 0.270 e. The summed E-state index contributed by atoms with van der Waals surface area (Å²) in [7, 11) is 2.75. The highest BCUT2D eigenvalue weighted by atomic mass is 31.0. The van der Waals surface area contributed by atoms with Crippen molar-refractivity contribution in [2.75, 3.05) is 13.1 Å². The number of aryl methyl sites for hydroxylation is 1. The van der Waals surface area contributed by atoms with Crippen LogP contribution in [-0.4, -0.2) is 51.0 Å². The number of aromatic nitrogens is 3. The molecular weight excluding hydrogens is 425 g/mol. The molecule has 0 bridgehead atoms. The van der Waals surface area contributed by atoms with E-state index in [0.29, 0.717) is 29.6 Å². The van der Waals surface area contributed by atoms with Crippen molar-refractivity contribution in [3.05, 3.63) is 57.8 Å². The second kappa shape index (κ2) is 8.60. The van der Waals surface area contributed by atoms with Gasteiger partial charge in [0.15, 0.2) is 0 Å². The molecular formula is C23H26N5O3P. The Balaban J connectivity index is 1.17. The van der Waals surface area contributed by atoms with Crippen LogP contribution in [0.15, 0.2) is 35.3 Å². The number of aromatic amines is 1. The number of H-pyrrole nitrogens is 1. The van der Waals surface area contributed by atoms with Gasteiger partial charge in [-0.1, -0.05) is 13.0 Å². The lowest BCUT2D eigenvalue weighted by molar-refractivity contribution is 0.0145. The number of nitrogens with zero attached hydrogens (tertiary/aromatic N) is 3. The minimum Gasteiger partial charge on any atom is -0.486 e. The maximum absolute atomic E-state index is 12.2. The number of hydrogen-bond donors (Lipinski definition) is 2. The van der Waals surface area contributed by atoms with Gasteiger partial charge in [-0.25, -0.2) is 9.97 Å². The van der Waals surface area contributed by atoms with Gasteiger partial charge in [-0.05, 0) is 48.3 Å². The first kappa shape index (κ1) is 21.0. The first-order chi connectivity index (χ1) is 15.5. The van der Waals surface area contributed by atoms with Crippen molar-refractivity contribution in [3.8, 4) is 5.75 Å². The normalized spacial score (nSPS) is 16.7. The topological polar surface area (TPSA) is 100 Å². The van der Waals surface area contributed by atoms with Crippen LogP contribution in [0.2, 0.25) is 0 Å². The zero-order chi connectivity index (χ0) is 22.2. The largest absolute Gasteiger partial charge is 0.486 e. The Morgan fingerprint density at radius 1 is 1.28 bits per heavy atom. The standard InChI is InChI=1S/C23H26N5O3P/c1-2-17-22(29)27-20-18(26-17)7-3-13(21(20)32)10-28-11-16(12-28)31-15-6-8-19(24-9-15)23(30)25-14-4-5-14/h3,6-9,14,16H,2,4-5,10-12,32H2,1H3,(H,25,30)(H,27,29). The monoisotopic (exact) mass is 451 g/mol. The van der Waals surface area contributed by atoms with Crippen LogP contribution < -0.4 is 20.9 Å². The number of pyridine rings is 1. The highest BCUT2D eigenvalue weighted by molar-refractivity contribution is 7.28. The van der Waals surface area contributed by atoms with Gasteiger partial charge in [0.25, 0.3) is 11.5 Å². The van der Waals surface area contributed by atoms with E-state index >= 15 is 0 Å². The molecule has 2 aromatic heterocycles. The second-order valence-corrected chi connectivity index (χ2v) is 9.04. The van der Waals surface area contributed by atoms with Gasteiger partial charge in [-0.15, -0.1) is 9.24 Å². The molecule has 2 N–H and O–H groups in total. The average Bonchev–Trinajstić information content (AvgIpc) is 3.58. The molecule has 1 atom stereocenters. The summed E-state index contributed by atoms with van der Waals surface area (Å²) in [5, 5.41) is 3.91. The third-order valence-electron chi connectivity index (χ3n) is 5.91. The highest BCUT2D eigenvalue weighted by Crippen LogP contribution is 2.22. The molecule has 1 aliphatic heterocycles. The molecule has 1 aromatic carbocycles. The van der Waals surface area contributed by atoms with Crippen LogP contribution in [0.25, 0.3) is 11.0 Å². The number of fused-ring (bicyclic) bond motifs is 1. The summed E-state index contributed by atoms with van der Waals surface area (Å²) < 4.78 is 5.99. The Kier molecular flexibility index (Phi) is 5.66. The minimum absolute atomic E-state index is 0.0879. The Bertz CT molecular complexity index is 1220. The molecule has 2 aliphatic rings. The summed E-state index contributed by atoms with van der Waals surface area (Å²) in [5.41, 5.74) is 3.57. The molecule has 0 radical (unpaired) electrons. The zero-order valence-corrected chi connectivity index (χ0v) is 19.1. The number of benzene rings is 1. The lowest BCUT2D eigenvalue weighted by Crippen LogP contribution is -2.53. The van der Waals surface area contributed by atoms with Crippen LogP contribution in [0.5, 0.6) is 5.75 Å². The molecule has 1 aliphatic carbocycles. The van der Waals surface area contributed by atoms with Gasteiger partial charge in [-0.2, -0.15) is 0 Å². The summed E-state index contributed by atoms with van der Waals surface area (Å²) in [5.74, 6) is 0.547. The summed E-state index contributed by atoms with van der Waals surface area (Å²) >= 11 is 0. The van der Waals surface area contributed by atoms with Crippen LogP contribution in [0.4, 0.5) is 0 Å². The maximum atomic E-state index is 12.2. The predicted molar refractivity (Wildman–Crippen MR) is 126 cm³/mol. The summed E-state index contributed by atoms with van der Waals surface area (Å²) in [4.78, 5) is 38.2. The highest BCUT2D eigenvalue weighted by Gasteiger charge is 2.29. The summed E-state index contributed by atoms with van der Waals surface area (Å²) in [6.45, 7) is 4.30. The van der Waals surface area contributed by atoms with Crippen LogP contribution in [0.1, 0.15) is 41.5 Å². The fourth-order valence-electron chi connectivity index (χ4n) is 3.87. The summed E-state index contributed by atoms with van der Waals surface area (Å²) in [6.07, 6.45) is 4.42. The number of carbonyl (C=O) groups excluding carboxylic acids is 1. The molecule has 3 heterocycles. The molecule has 1 amide bonds.